The molecule has 0 atom stereocenters. The van der Waals surface area contributed by atoms with Gasteiger partial charge in [-0.3, -0.25) is 13.9 Å². The second-order valence-corrected chi connectivity index (χ2v) is 9.45. The van der Waals surface area contributed by atoms with E-state index in [-0.39, 0.29) is 11.2 Å². The van der Waals surface area contributed by atoms with Crippen LogP contribution in [0.2, 0.25) is 0 Å². The van der Waals surface area contributed by atoms with Gasteiger partial charge in [0.2, 0.25) is 0 Å². The lowest BCUT2D eigenvalue weighted by atomic mass is 10.1. The van der Waals surface area contributed by atoms with E-state index in [1.165, 1.54) is 32.7 Å². The average Bonchev–Trinajstić information content (AvgIpc) is 2.91. The highest BCUT2D eigenvalue weighted by Gasteiger charge is 2.23. The van der Waals surface area contributed by atoms with Gasteiger partial charge in [-0.1, -0.05) is 36.8 Å². The van der Waals surface area contributed by atoms with Gasteiger partial charge in [-0.2, -0.15) is 0 Å². The minimum Gasteiger partial charge on any atom is -0.340 e. The molecule has 154 valence electrons. The van der Waals surface area contributed by atoms with E-state index in [0.717, 1.165) is 48.0 Å². The Kier molecular flexibility index (Phi) is 6.01. The smallest absolute Gasteiger partial charge is 0.332 e. The van der Waals surface area contributed by atoms with Crippen LogP contribution in [0.5, 0.6) is 0 Å². The molecule has 4 rings (SSSR count). The van der Waals surface area contributed by atoms with Crippen LogP contribution in [0.1, 0.15) is 41.7 Å². The first-order valence-electron chi connectivity index (χ1n) is 10.7. The first-order valence-corrected chi connectivity index (χ1v) is 11.5. The van der Waals surface area contributed by atoms with Crippen LogP contribution in [-0.2, 0) is 25.9 Å². The summed E-state index contributed by atoms with van der Waals surface area (Å²) in [5, 5.41) is 0.805. The van der Waals surface area contributed by atoms with E-state index in [9.17, 15) is 9.59 Å². The minimum absolute atomic E-state index is 0.109. The van der Waals surface area contributed by atoms with Crippen LogP contribution >= 0.6 is 11.3 Å². The van der Waals surface area contributed by atoms with Crippen molar-refractivity contribution >= 4 is 21.6 Å². The number of aryl methyl sites for hydroxylation is 3. The second kappa shape index (κ2) is 8.67. The molecule has 0 bridgehead atoms. The first kappa shape index (κ1) is 20.1. The number of aromatic nitrogens is 2. The summed E-state index contributed by atoms with van der Waals surface area (Å²) in [6.45, 7) is 1.99. The van der Waals surface area contributed by atoms with Crippen LogP contribution < -0.4 is 16.1 Å². The van der Waals surface area contributed by atoms with Crippen molar-refractivity contribution in [3.8, 4) is 0 Å². The highest BCUT2D eigenvalue weighted by molar-refractivity contribution is 7.18. The Balaban J connectivity index is 1.88. The number of quaternary nitrogens is 1. The van der Waals surface area contributed by atoms with Crippen molar-refractivity contribution in [3.05, 3.63) is 67.2 Å². The summed E-state index contributed by atoms with van der Waals surface area (Å²) < 4.78 is 3.33. The number of hydrogen-bond donors (Lipinski definition) is 1. The summed E-state index contributed by atoms with van der Waals surface area (Å²) in [7, 11) is 4.25. The van der Waals surface area contributed by atoms with Gasteiger partial charge in [0.15, 0.2) is 0 Å². The largest absolute Gasteiger partial charge is 0.340 e. The van der Waals surface area contributed by atoms with Crippen LogP contribution in [0, 0.1) is 0 Å². The maximum absolute atomic E-state index is 13.5. The third-order valence-electron chi connectivity index (χ3n) is 5.81. The van der Waals surface area contributed by atoms with Gasteiger partial charge in [0.05, 0.1) is 32.6 Å². The number of nitrogens with one attached hydrogen (secondary N) is 1. The van der Waals surface area contributed by atoms with E-state index in [1.54, 1.807) is 11.3 Å². The molecular formula is C23H30N3O2S+. The van der Waals surface area contributed by atoms with E-state index in [4.69, 9.17) is 0 Å². The molecule has 2 aromatic heterocycles. The quantitative estimate of drug-likeness (QED) is 0.630. The maximum atomic E-state index is 13.5. The second-order valence-electron chi connectivity index (χ2n) is 8.37. The van der Waals surface area contributed by atoms with E-state index in [1.807, 2.05) is 34.9 Å². The molecule has 0 radical (unpaired) electrons. The van der Waals surface area contributed by atoms with Crippen molar-refractivity contribution in [2.24, 2.45) is 0 Å². The van der Waals surface area contributed by atoms with Gasteiger partial charge >= 0.3 is 5.69 Å². The Morgan fingerprint density at radius 3 is 2.52 bits per heavy atom. The van der Waals surface area contributed by atoms with Gasteiger partial charge in [-0.05, 0) is 36.8 Å². The van der Waals surface area contributed by atoms with Gasteiger partial charge in [0, 0.05) is 17.8 Å². The summed E-state index contributed by atoms with van der Waals surface area (Å²) in [5.74, 6) is 0. The van der Waals surface area contributed by atoms with Crippen LogP contribution in [0.25, 0.3) is 10.2 Å². The van der Waals surface area contributed by atoms with Gasteiger partial charge in [0.25, 0.3) is 5.56 Å². The van der Waals surface area contributed by atoms with Gasteiger partial charge in [-0.15, -0.1) is 11.3 Å². The fraction of sp³-hybridized carbons (Fsp3) is 0.478. The third kappa shape index (κ3) is 4.09. The van der Waals surface area contributed by atoms with Gasteiger partial charge < -0.3 is 4.90 Å². The minimum atomic E-state index is -0.170. The van der Waals surface area contributed by atoms with Crippen LogP contribution in [0.3, 0.4) is 0 Å². The van der Waals surface area contributed by atoms with E-state index < -0.39 is 0 Å². The Labute approximate surface area is 175 Å². The van der Waals surface area contributed by atoms with Gasteiger partial charge in [0.1, 0.15) is 4.83 Å². The van der Waals surface area contributed by atoms with E-state index >= 15 is 0 Å². The molecule has 0 saturated carbocycles. The Morgan fingerprint density at radius 2 is 1.76 bits per heavy atom. The van der Waals surface area contributed by atoms with Crippen LogP contribution in [0.15, 0.2) is 39.9 Å². The first-order chi connectivity index (χ1) is 14.1. The Morgan fingerprint density at radius 1 is 1.00 bits per heavy atom. The zero-order chi connectivity index (χ0) is 20.4. The van der Waals surface area contributed by atoms with Crippen molar-refractivity contribution in [2.45, 2.75) is 51.6 Å². The van der Waals surface area contributed by atoms with E-state index in [2.05, 4.69) is 14.1 Å². The Bertz CT molecular complexity index is 1110. The summed E-state index contributed by atoms with van der Waals surface area (Å²) in [5.41, 5.74) is 1.91. The molecule has 1 aromatic carbocycles. The summed E-state index contributed by atoms with van der Waals surface area (Å²) in [6, 6.07) is 9.81. The number of fused-ring (bicyclic) bond motifs is 3. The predicted octanol–water partition coefficient (Wildman–Crippen LogP) is 2.08. The molecule has 2 heterocycles. The SMILES string of the molecule is C[NH+](C)CCCn1c(=O)n(Cc2ccccc2)c(=O)c2c3c(sc21)CCCCC3. The lowest BCUT2D eigenvalue weighted by molar-refractivity contribution is -0.858. The zero-order valence-electron chi connectivity index (χ0n) is 17.4. The molecule has 1 aliphatic carbocycles. The molecule has 0 spiro atoms. The molecule has 0 saturated heterocycles. The summed E-state index contributed by atoms with van der Waals surface area (Å²) >= 11 is 1.68. The normalized spacial score (nSPS) is 14.3. The monoisotopic (exact) mass is 412 g/mol. The van der Waals surface area contributed by atoms with Crippen molar-refractivity contribution in [1.29, 1.82) is 0 Å². The molecule has 1 aliphatic rings. The number of nitrogens with zero attached hydrogens (tertiary/aromatic N) is 2. The number of rotatable bonds is 6. The molecule has 3 aromatic rings. The highest BCUT2D eigenvalue weighted by atomic mass is 32.1. The zero-order valence-corrected chi connectivity index (χ0v) is 18.2. The molecule has 0 amide bonds. The molecule has 0 fully saturated rings. The average molecular weight is 413 g/mol. The number of thiophene rings is 1. The molecule has 1 N–H and O–H groups in total. The molecule has 0 unspecified atom stereocenters. The molecular weight excluding hydrogens is 382 g/mol. The van der Waals surface area contributed by atoms with Crippen molar-refractivity contribution in [1.82, 2.24) is 9.13 Å². The Hall–Kier alpha value is -2.18. The van der Waals surface area contributed by atoms with Crippen LogP contribution in [-0.4, -0.2) is 29.8 Å². The predicted molar refractivity (Wildman–Crippen MR) is 119 cm³/mol. The number of hydrogen-bond acceptors (Lipinski definition) is 3. The summed E-state index contributed by atoms with van der Waals surface area (Å²) in [4.78, 5) is 30.5. The lowest BCUT2D eigenvalue weighted by Crippen LogP contribution is -3.05. The molecule has 0 aliphatic heterocycles. The molecule has 29 heavy (non-hydrogen) atoms. The maximum Gasteiger partial charge on any atom is 0.332 e. The van der Waals surface area contributed by atoms with Gasteiger partial charge in [-0.25, -0.2) is 4.79 Å². The van der Waals surface area contributed by atoms with E-state index in [0.29, 0.717) is 13.1 Å². The fourth-order valence-electron chi connectivity index (χ4n) is 4.29. The standard InChI is InChI=1S/C23H29N3O2S/c1-24(2)14-9-15-25-22-20(18-12-7-4-8-13-19(18)29-22)21(27)26(23(25)28)16-17-10-5-3-6-11-17/h3,5-6,10-11H,4,7-9,12-16H2,1-2H3/p+1. The van der Waals surface area contributed by atoms with Crippen molar-refractivity contribution < 1.29 is 4.90 Å². The molecule has 5 nitrogen and oxygen atoms in total. The van der Waals surface area contributed by atoms with Crippen molar-refractivity contribution in [3.63, 3.8) is 0 Å². The molecule has 6 heteroatoms. The fourth-order valence-corrected chi connectivity index (χ4v) is 5.69. The lowest BCUT2D eigenvalue weighted by Gasteiger charge is -2.13. The highest BCUT2D eigenvalue weighted by Crippen LogP contribution is 2.33. The summed E-state index contributed by atoms with van der Waals surface area (Å²) in [6.07, 6.45) is 6.42. The number of benzene rings is 1. The third-order valence-corrected chi connectivity index (χ3v) is 7.13. The topological polar surface area (TPSA) is 48.4 Å². The van der Waals surface area contributed by atoms with Crippen molar-refractivity contribution in [2.75, 3.05) is 20.6 Å². The van der Waals surface area contributed by atoms with Crippen LogP contribution in [0.4, 0.5) is 0 Å².